The van der Waals surface area contributed by atoms with Gasteiger partial charge in [0.15, 0.2) is 0 Å². The molecule has 3 saturated heterocycles. The van der Waals surface area contributed by atoms with E-state index in [9.17, 15) is 4.79 Å². The number of hydrogen-bond donors (Lipinski definition) is 3. The summed E-state index contributed by atoms with van der Waals surface area (Å²) < 4.78 is 0. The van der Waals surface area contributed by atoms with Gasteiger partial charge in [-0.1, -0.05) is 6.42 Å². The fraction of sp³-hybridized carbons (Fsp3) is 0.600. The molecule has 0 aliphatic carbocycles. The predicted octanol–water partition coefficient (Wildman–Crippen LogP) is 1.76. The number of aromatic amines is 1. The van der Waals surface area contributed by atoms with Gasteiger partial charge in [-0.05, 0) is 68.9 Å². The van der Waals surface area contributed by atoms with E-state index in [4.69, 9.17) is 0 Å². The zero-order valence-corrected chi connectivity index (χ0v) is 15.1. The molecule has 5 heterocycles. The molecule has 138 valence electrons. The third kappa shape index (κ3) is 2.81. The van der Waals surface area contributed by atoms with Crippen LogP contribution < -0.4 is 10.6 Å². The Balaban J connectivity index is 1.30. The van der Waals surface area contributed by atoms with Crippen molar-refractivity contribution in [1.29, 1.82) is 0 Å². The average Bonchev–Trinajstić information content (AvgIpc) is 3.12. The van der Waals surface area contributed by atoms with E-state index < -0.39 is 0 Å². The van der Waals surface area contributed by atoms with Crippen molar-refractivity contribution in [1.82, 2.24) is 25.5 Å². The molecule has 6 nitrogen and oxygen atoms in total. The van der Waals surface area contributed by atoms with Crippen LogP contribution in [0, 0.1) is 11.8 Å². The maximum Gasteiger partial charge on any atom is 0.267 e. The number of nitrogens with one attached hydrogen (secondary N) is 3. The van der Waals surface area contributed by atoms with Crippen molar-refractivity contribution in [2.24, 2.45) is 11.8 Å². The quantitative estimate of drug-likeness (QED) is 0.786. The van der Waals surface area contributed by atoms with Crippen molar-refractivity contribution in [3.8, 4) is 0 Å². The number of H-pyrrole nitrogens is 1. The number of carbonyl (C=O) groups is 1. The van der Waals surface area contributed by atoms with E-state index in [1.54, 1.807) is 6.20 Å². The molecule has 5 rings (SSSR count). The smallest absolute Gasteiger partial charge is 0.267 e. The third-order valence-corrected chi connectivity index (χ3v) is 6.63. The van der Waals surface area contributed by atoms with E-state index >= 15 is 0 Å². The molecule has 2 aromatic heterocycles. The summed E-state index contributed by atoms with van der Waals surface area (Å²) in [7, 11) is 0. The van der Waals surface area contributed by atoms with Crippen LogP contribution in [0.3, 0.4) is 0 Å². The molecule has 3 fully saturated rings. The summed E-state index contributed by atoms with van der Waals surface area (Å²) >= 11 is 0. The number of hydrogen-bond acceptors (Lipinski definition) is 4. The second-order valence-corrected chi connectivity index (χ2v) is 8.12. The zero-order chi connectivity index (χ0) is 17.5. The maximum absolute atomic E-state index is 12.7. The minimum absolute atomic E-state index is 0.0255. The number of rotatable bonds is 3. The second-order valence-electron chi connectivity index (χ2n) is 8.12. The van der Waals surface area contributed by atoms with Gasteiger partial charge in [-0.25, -0.2) is 4.98 Å². The van der Waals surface area contributed by atoms with Crippen LogP contribution in [0.1, 0.15) is 36.2 Å². The average molecular weight is 353 g/mol. The second kappa shape index (κ2) is 6.67. The molecule has 2 bridgehead atoms. The van der Waals surface area contributed by atoms with E-state index in [1.165, 1.54) is 38.8 Å². The van der Waals surface area contributed by atoms with E-state index in [2.05, 4.69) is 25.5 Å². The number of aromatic nitrogens is 2. The van der Waals surface area contributed by atoms with E-state index in [0.29, 0.717) is 23.7 Å². The molecule has 1 amide bonds. The Morgan fingerprint density at radius 1 is 1.31 bits per heavy atom. The molecule has 2 aromatic rings. The largest absolute Gasteiger partial charge is 0.349 e. The highest BCUT2D eigenvalue weighted by Crippen LogP contribution is 2.38. The van der Waals surface area contributed by atoms with Crippen LogP contribution in [0.5, 0.6) is 0 Å². The first-order valence-corrected chi connectivity index (χ1v) is 9.98. The SMILES string of the molecule is O=C(NC[C@H]1[C@@H]2CNC[C@@H](C2)[C@@H]2CCCCN21)c1cc2cccnc2[nH]1. The summed E-state index contributed by atoms with van der Waals surface area (Å²) in [5, 5.41) is 7.81. The third-order valence-electron chi connectivity index (χ3n) is 6.63. The first-order chi connectivity index (χ1) is 12.8. The van der Waals surface area contributed by atoms with Crippen molar-refractivity contribution >= 4 is 16.9 Å². The van der Waals surface area contributed by atoms with E-state index in [0.717, 1.165) is 30.0 Å². The standard InChI is InChI=1S/C20H27N5O/c26-20(16-9-13-4-3-6-22-19(13)24-16)23-12-18-15-8-14(10-21-11-15)17-5-1-2-7-25(17)18/h3-4,6,9,14-15,17-18,21H,1-2,5,7-8,10-12H2,(H,22,24)(H,23,26)/t14-,15+,17+,18+/m1/s1. The topological polar surface area (TPSA) is 73.1 Å². The van der Waals surface area contributed by atoms with Crippen molar-refractivity contribution in [2.75, 3.05) is 26.2 Å². The first-order valence-electron chi connectivity index (χ1n) is 9.98. The fourth-order valence-electron chi connectivity index (χ4n) is 5.42. The summed E-state index contributed by atoms with van der Waals surface area (Å²) in [4.78, 5) is 22.8. The summed E-state index contributed by atoms with van der Waals surface area (Å²) in [6.45, 7) is 4.17. The van der Waals surface area contributed by atoms with E-state index in [1.807, 2.05) is 18.2 Å². The number of pyridine rings is 1. The van der Waals surface area contributed by atoms with Gasteiger partial charge >= 0.3 is 0 Å². The minimum atomic E-state index is -0.0255. The first kappa shape index (κ1) is 16.3. The summed E-state index contributed by atoms with van der Waals surface area (Å²) in [5.41, 5.74) is 1.37. The Bertz CT molecular complexity index is 769. The fourth-order valence-corrected chi connectivity index (χ4v) is 5.42. The van der Waals surface area contributed by atoms with Crippen LogP contribution in [0.4, 0.5) is 0 Å². The molecule has 3 aliphatic rings. The van der Waals surface area contributed by atoms with Gasteiger partial charge in [-0.15, -0.1) is 0 Å². The van der Waals surface area contributed by atoms with Gasteiger partial charge in [0.2, 0.25) is 0 Å². The zero-order valence-electron chi connectivity index (χ0n) is 15.1. The lowest BCUT2D eigenvalue weighted by Gasteiger charge is -2.55. The van der Waals surface area contributed by atoms with Crippen molar-refractivity contribution in [3.63, 3.8) is 0 Å². The normalized spacial score (nSPS) is 31.5. The molecule has 0 spiro atoms. The van der Waals surface area contributed by atoms with Gasteiger partial charge in [-0.2, -0.15) is 0 Å². The molecule has 0 aromatic carbocycles. The van der Waals surface area contributed by atoms with Crippen molar-refractivity contribution < 1.29 is 4.79 Å². The Morgan fingerprint density at radius 3 is 3.15 bits per heavy atom. The molecule has 0 saturated carbocycles. The van der Waals surface area contributed by atoms with E-state index in [-0.39, 0.29) is 5.91 Å². The Labute approximate surface area is 153 Å². The maximum atomic E-state index is 12.7. The lowest BCUT2D eigenvalue weighted by molar-refractivity contribution is -0.0371. The van der Waals surface area contributed by atoms with Crippen molar-refractivity contribution in [3.05, 3.63) is 30.1 Å². The number of piperidine rings is 3. The molecule has 6 heteroatoms. The molecular formula is C20H27N5O. The molecule has 0 unspecified atom stereocenters. The number of carbonyl (C=O) groups excluding carboxylic acids is 1. The van der Waals surface area contributed by atoms with Crippen LogP contribution in [0.25, 0.3) is 11.0 Å². The molecule has 3 aliphatic heterocycles. The van der Waals surface area contributed by atoms with Gasteiger partial charge in [0, 0.05) is 30.2 Å². The van der Waals surface area contributed by atoms with Gasteiger partial charge < -0.3 is 15.6 Å². The summed E-state index contributed by atoms with van der Waals surface area (Å²) in [6.07, 6.45) is 7.01. The van der Waals surface area contributed by atoms with Crippen LogP contribution in [-0.4, -0.2) is 59.0 Å². The lowest BCUT2D eigenvalue weighted by atomic mass is 9.73. The highest BCUT2D eigenvalue weighted by atomic mass is 16.1. The Morgan fingerprint density at radius 2 is 2.23 bits per heavy atom. The Hall–Kier alpha value is -1.92. The predicted molar refractivity (Wildman–Crippen MR) is 101 cm³/mol. The van der Waals surface area contributed by atoms with Crippen LogP contribution >= 0.6 is 0 Å². The highest BCUT2D eigenvalue weighted by molar-refractivity contribution is 5.97. The molecule has 26 heavy (non-hydrogen) atoms. The minimum Gasteiger partial charge on any atom is -0.349 e. The highest BCUT2D eigenvalue weighted by Gasteiger charge is 2.45. The van der Waals surface area contributed by atoms with Gasteiger partial charge in [-0.3, -0.25) is 9.69 Å². The van der Waals surface area contributed by atoms with Crippen LogP contribution in [0.15, 0.2) is 24.4 Å². The van der Waals surface area contributed by atoms with Crippen LogP contribution in [-0.2, 0) is 0 Å². The number of amides is 1. The van der Waals surface area contributed by atoms with Crippen molar-refractivity contribution in [2.45, 2.75) is 37.8 Å². The molecule has 0 radical (unpaired) electrons. The molecule has 3 N–H and O–H groups in total. The number of fused-ring (bicyclic) bond motifs is 5. The van der Waals surface area contributed by atoms with Gasteiger partial charge in [0.05, 0.1) is 0 Å². The Kier molecular flexibility index (Phi) is 4.17. The summed E-state index contributed by atoms with van der Waals surface area (Å²) in [6, 6.07) is 6.91. The summed E-state index contributed by atoms with van der Waals surface area (Å²) in [5.74, 6) is 1.41. The molecular weight excluding hydrogens is 326 g/mol. The lowest BCUT2D eigenvalue weighted by Crippen LogP contribution is -2.65. The van der Waals surface area contributed by atoms with Crippen LogP contribution in [0.2, 0.25) is 0 Å². The molecule has 4 atom stereocenters. The van der Waals surface area contributed by atoms with Gasteiger partial charge in [0.25, 0.3) is 5.91 Å². The number of nitrogens with zero attached hydrogens (tertiary/aromatic N) is 2. The monoisotopic (exact) mass is 353 g/mol. The van der Waals surface area contributed by atoms with Gasteiger partial charge in [0.1, 0.15) is 11.3 Å².